The van der Waals surface area contributed by atoms with Gasteiger partial charge in [0.25, 0.3) is 0 Å². The third kappa shape index (κ3) is 3.34. The van der Waals surface area contributed by atoms with Gasteiger partial charge in [0.15, 0.2) is 4.77 Å². The van der Waals surface area contributed by atoms with Gasteiger partial charge in [0.2, 0.25) is 0 Å². The molecule has 23 heavy (non-hydrogen) atoms. The highest BCUT2D eigenvalue weighted by Crippen LogP contribution is 2.30. The number of aromatic nitrogens is 3. The summed E-state index contributed by atoms with van der Waals surface area (Å²) in [5, 5.41) is 6.79. The molecule has 0 saturated carbocycles. The summed E-state index contributed by atoms with van der Waals surface area (Å²) in [6, 6.07) is 14.6. The lowest BCUT2D eigenvalue weighted by Gasteiger charge is -2.11. The molecule has 0 bridgehead atoms. The molecule has 0 amide bonds. The minimum Gasteiger partial charge on any atom is -0.272 e. The van der Waals surface area contributed by atoms with Gasteiger partial charge in [-0.3, -0.25) is 9.67 Å². The molecule has 3 rings (SSSR count). The van der Waals surface area contributed by atoms with Gasteiger partial charge < -0.3 is 0 Å². The fourth-order valence-corrected chi connectivity index (χ4v) is 2.57. The molecular formula is C16H12F3N3S. The first-order chi connectivity index (χ1) is 10.9. The second kappa shape index (κ2) is 6.00. The third-order valence-electron chi connectivity index (χ3n) is 3.38. The van der Waals surface area contributed by atoms with Crippen LogP contribution < -0.4 is 0 Å². The van der Waals surface area contributed by atoms with Crippen molar-refractivity contribution in [1.29, 1.82) is 0 Å². The Morgan fingerprint density at radius 1 is 1.04 bits per heavy atom. The number of nitrogens with zero attached hydrogens (tertiary/aromatic N) is 2. The molecule has 118 valence electrons. The van der Waals surface area contributed by atoms with Crippen LogP contribution in [0.3, 0.4) is 0 Å². The van der Waals surface area contributed by atoms with Crippen LogP contribution in [0.25, 0.3) is 5.69 Å². The second-order valence-corrected chi connectivity index (χ2v) is 5.38. The molecule has 1 N–H and O–H groups in total. The van der Waals surface area contributed by atoms with E-state index >= 15 is 0 Å². The summed E-state index contributed by atoms with van der Waals surface area (Å²) >= 11 is 5.17. The van der Waals surface area contributed by atoms with Crippen molar-refractivity contribution in [2.24, 2.45) is 0 Å². The smallest absolute Gasteiger partial charge is 0.272 e. The van der Waals surface area contributed by atoms with Crippen molar-refractivity contribution in [2.45, 2.75) is 12.6 Å². The average Bonchev–Trinajstić information content (AvgIpc) is 2.88. The molecule has 0 fully saturated rings. The lowest BCUT2D eigenvalue weighted by molar-refractivity contribution is -0.137. The molecule has 1 aromatic heterocycles. The maximum absolute atomic E-state index is 12.9. The van der Waals surface area contributed by atoms with Gasteiger partial charge >= 0.3 is 6.18 Å². The van der Waals surface area contributed by atoms with E-state index in [1.165, 1.54) is 10.6 Å². The Bertz CT molecular complexity index is 866. The Morgan fingerprint density at radius 3 is 2.48 bits per heavy atom. The van der Waals surface area contributed by atoms with Gasteiger partial charge in [0.1, 0.15) is 5.82 Å². The summed E-state index contributed by atoms with van der Waals surface area (Å²) in [5.41, 5.74) is 0.614. The third-order valence-corrected chi connectivity index (χ3v) is 3.65. The minimum absolute atomic E-state index is 0.259. The van der Waals surface area contributed by atoms with Gasteiger partial charge in [-0.05, 0) is 36.0 Å². The normalized spacial score (nSPS) is 11.6. The van der Waals surface area contributed by atoms with Gasteiger partial charge in [-0.15, -0.1) is 0 Å². The van der Waals surface area contributed by atoms with Gasteiger partial charge in [-0.25, -0.2) is 0 Å². The van der Waals surface area contributed by atoms with E-state index < -0.39 is 11.7 Å². The first-order valence-corrected chi connectivity index (χ1v) is 7.24. The quantitative estimate of drug-likeness (QED) is 0.713. The number of hydrogen-bond donors (Lipinski definition) is 1. The van der Waals surface area contributed by atoms with Crippen LogP contribution in [0.15, 0.2) is 54.6 Å². The highest BCUT2D eigenvalue weighted by molar-refractivity contribution is 7.71. The molecule has 3 nitrogen and oxygen atoms in total. The lowest BCUT2D eigenvalue weighted by Crippen LogP contribution is -2.08. The molecule has 0 spiro atoms. The molecule has 2 aromatic carbocycles. The van der Waals surface area contributed by atoms with Gasteiger partial charge in [-0.2, -0.15) is 18.3 Å². The molecule has 0 aliphatic rings. The van der Waals surface area contributed by atoms with Crippen molar-refractivity contribution >= 4 is 12.2 Å². The predicted molar refractivity (Wildman–Crippen MR) is 83.0 cm³/mol. The summed E-state index contributed by atoms with van der Waals surface area (Å²) in [7, 11) is 0. The Balaban J connectivity index is 2.04. The molecule has 7 heteroatoms. The molecule has 0 atom stereocenters. The Morgan fingerprint density at radius 2 is 1.78 bits per heavy atom. The first-order valence-electron chi connectivity index (χ1n) is 6.83. The molecule has 1 heterocycles. The van der Waals surface area contributed by atoms with Crippen LogP contribution in [0, 0.1) is 4.77 Å². The number of rotatable bonds is 3. The van der Waals surface area contributed by atoms with E-state index in [9.17, 15) is 13.2 Å². The topological polar surface area (TPSA) is 33.6 Å². The number of aromatic amines is 1. The fourth-order valence-electron chi connectivity index (χ4n) is 2.31. The van der Waals surface area contributed by atoms with E-state index in [1.54, 1.807) is 6.07 Å². The number of benzene rings is 2. The van der Waals surface area contributed by atoms with E-state index in [0.29, 0.717) is 17.9 Å². The first kappa shape index (κ1) is 15.5. The maximum Gasteiger partial charge on any atom is 0.416 e. The number of halogens is 3. The van der Waals surface area contributed by atoms with E-state index in [4.69, 9.17) is 12.2 Å². The summed E-state index contributed by atoms with van der Waals surface area (Å²) in [6.07, 6.45) is -3.94. The number of alkyl halides is 3. The largest absolute Gasteiger partial charge is 0.416 e. The summed E-state index contributed by atoms with van der Waals surface area (Å²) in [5.74, 6) is 0.556. The monoisotopic (exact) mass is 335 g/mol. The van der Waals surface area contributed by atoms with Gasteiger partial charge in [0, 0.05) is 6.42 Å². The highest BCUT2D eigenvalue weighted by atomic mass is 32.1. The molecule has 3 aromatic rings. The van der Waals surface area contributed by atoms with Crippen LogP contribution in [0.4, 0.5) is 13.2 Å². The molecular weight excluding hydrogens is 323 g/mol. The summed E-state index contributed by atoms with van der Waals surface area (Å²) < 4.78 is 40.5. The van der Waals surface area contributed by atoms with Crippen LogP contribution >= 0.6 is 12.2 Å². The Labute approximate surface area is 135 Å². The van der Waals surface area contributed by atoms with Crippen LogP contribution in [0.1, 0.15) is 17.0 Å². The maximum atomic E-state index is 12.9. The van der Waals surface area contributed by atoms with Crippen LogP contribution in [-0.4, -0.2) is 14.8 Å². The van der Waals surface area contributed by atoms with Crippen molar-refractivity contribution in [1.82, 2.24) is 14.8 Å². The fraction of sp³-hybridized carbons (Fsp3) is 0.125. The predicted octanol–water partition coefficient (Wildman–Crippen LogP) is 4.54. The molecule has 0 aliphatic heterocycles. The zero-order chi connectivity index (χ0) is 16.4. The van der Waals surface area contributed by atoms with Crippen LogP contribution in [-0.2, 0) is 12.6 Å². The zero-order valence-electron chi connectivity index (χ0n) is 11.8. The van der Waals surface area contributed by atoms with E-state index in [-0.39, 0.29) is 4.77 Å². The second-order valence-electron chi connectivity index (χ2n) is 4.99. The van der Waals surface area contributed by atoms with E-state index in [1.807, 2.05) is 30.3 Å². The Hall–Kier alpha value is -2.41. The molecule has 0 saturated heterocycles. The zero-order valence-corrected chi connectivity index (χ0v) is 12.7. The van der Waals surface area contributed by atoms with Crippen molar-refractivity contribution in [3.05, 3.63) is 76.3 Å². The van der Waals surface area contributed by atoms with Crippen molar-refractivity contribution in [2.75, 3.05) is 0 Å². The Kier molecular flexibility index (Phi) is 4.04. The number of H-pyrrole nitrogens is 1. The standard InChI is InChI=1S/C16H12F3N3S/c17-16(18,19)12-7-4-8-13(10-12)22-14(20-21-15(22)23)9-11-5-2-1-3-6-11/h1-8,10H,9H2,(H,21,23). The summed E-state index contributed by atoms with van der Waals surface area (Å²) in [6.45, 7) is 0. The molecule has 0 aliphatic carbocycles. The van der Waals surface area contributed by atoms with Crippen LogP contribution in [0.2, 0.25) is 0 Å². The molecule has 0 unspecified atom stereocenters. The SMILES string of the molecule is FC(F)(F)c1cccc(-n2c(Cc3ccccc3)n[nH]c2=S)c1. The number of hydrogen-bond acceptors (Lipinski definition) is 2. The molecule has 0 radical (unpaired) electrons. The highest BCUT2D eigenvalue weighted by Gasteiger charge is 2.30. The average molecular weight is 335 g/mol. The van der Waals surface area contributed by atoms with E-state index in [0.717, 1.165) is 17.7 Å². The lowest BCUT2D eigenvalue weighted by atomic mass is 10.1. The number of nitrogens with one attached hydrogen (secondary N) is 1. The van der Waals surface area contributed by atoms with E-state index in [2.05, 4.69) is 10.2 Å². The van der Waals surface area contributed by atoms with Crippen molar-refractivity contribution in [3.8, 4) is 5.69 Å². The van der Waals surface area contributed by atoms with Gasteiger partial charge in [0.05, 0.1) is 11.3 Å². The van der Waals surface area contributed by atoms with Crippen molar-refractivity contribution in [3.63, 3.8) is 0 Å². The van der Waals surface area contributed by atoms with Crippen LogP contribution in [0.5, 0.6) is 0 Å². The van der Waals surface area contributed by atoms with Crippen molar-refractivity contribution < 1.29 is 13.2 Å². The van der Waals surface area contributed by atoms with Gasteiger partial charge in [-0.1, -0.05) is 36.4 Å². The minimum atomic E-state index is -4.40. The summed E-state index contributed by atoms with van der Waals surface area (Å²) in [4.78, 5) is 0.